The maximum Gasteiger partial charge on any atom is 0.243 e. The molecule has 0 saturated heterocycles. The lowest BCUT2D eigenvalue weighted by atomic mass is 10.1. The van der Waals surface area contributed by atoms with E-state index in [0.29, 0.717) is 17.1 Å². The first kappa shape index (κ1) is 19.0. The number of carbonyl (C=O) groups excluding carboxylic acids is 2. The molecule has 0 aliphatic rings. The molecular weight excluding hydrogens is 362 g/mol. The Morgan fingerprint density at radius 3 is 2.63 bits per heavy atom. The number of halogens is 1. The number of rotatable bonds is 7. The molecule has 0 saturated carbocycles. The third-order valence-electron chi connectivity index (χ3n) is 4.45. The Morgan fingerprint density at radius 2 is 1.85 bits per heavy atom. The van der Waals surface area contributed by atoms with Crippen molar-refractivity contribution < 1.29 is 9.59 Å². The van der Waals surface area contributed by atoms with Gasteiger partial charge >= 0.3 is 0 Å². The number of hydrogen-bond donors (Lipinski definition) is 2. The number of aryl methyl sites for hydroxylation is 1. The van der Waals surface area contributed by atoms with E-state index >= 15 is 0 Å². The van der Waals surface area contributed by atoms with Crippen molar-refractivity contribution >= 4 is 40.0 Å². The molecule has 0 radical (unpaired) electrons. The first-order valence-corrected chi connectivity index (χ1v) is 9.25. The predicted octanol–water partition coefficient (Wildman–Crippen LogP) is 4.24. The third-order valence-corrected chi connectivity index (χ3v) is 4.70. The fourth-order valence-electron chi connectivity index (χ4n) is 3.00. The minimum Gasteiger partial charge on any atom is -0.361 e. The number of nitrogens with zero attached hydrogens (tertiary/aromatic N) is 1. The molecule has 2 N–H and O–H groups in total. The molecule has 5 nitrogen and oxygen atoms in total. The summed E-state index contributed by atoms with van der Waals surface area (Å²) in [6, 6.07) is 15.0. The van der Waals surface area contributed by atoms with Crippen LogP contribution in [0.15, 0.2) is 54.7 Å². The van der Waals surface area contributed by atoms with Crippen LogP contribution in [0.5, 0.6) is 0 Å². The average Bonchev–Trinajstić information content (AvgIpc) is 3.07. The van der Waals surface area contributed by atoms with E-state index in [-0.39, 0.29) is 18.4 Å². The fourth-order valence-corrected chi connectivity index (χ4v) is 3.12. The van der Waals surface area contributed by atoms with E-state index in [0.717, 1.165) is 18.4 Å². The Balaban J connectivity index is 1.44. The van der Waals surface area contributed by atoms with Crippen LogP contribution < -0.4 is 5.32 Å². The Morgan fingerprint density at radius 1 is 1.11 bits per heavy atom. The van der Waals surface area contributed by atoms with Crippen LogP contribution in [0, 0.1) is 0 Å². The highest BCUT2D eigenvalue weighted by molar-refractivity contribution is 6.30. The zero-order chi connectivity index (χ0) is 19.2. The molecule has 0 aliphatic carbocycles. The van der Waals surface area contributed by atoms with Crippen molar-refractivity contribution in [2.75, 3.05) is 18.9 Å². The van der Waals surface area contributed by atoms with Gasteiger partial charge in [0.15, 0.2) is 0 Å². The smallest absolute Gasteiger partial charge is 0.243 e. The van der Waals surface area contributed by atoms with Gasteiger partial charge in [0.25, 0.3) is 0 Å². The van der Waals surface area contributed by atoms with Gasteiger partial charge in [-0.15, -0.1) is 0 Å². The molecule has 1 aromatic heterocycles. The van der Waals surface area contributed by atoms with Gasteiger partial charge in [0.1, 0.15) is 0 Å². The quantitative estimate of drug-likeness (QED) is 0.640. The number of nitrogens with one attached hydrogen (secondary N) is 2. The summed E-state index contributed by atoms with van der Waals surface area (Å²) in [5, 5.41) is 4.56. The fraction of sp³-hybridized carbons (Fsp3) is 0.238. The molecule has 1 heterocycles. The van der Waals surface area contributed by atoms with Crippen molar-refractivity contribution in [3.63, 3.8) is 0 Å². The van der Waals surface area contributed by atoms with Gasteiger partial charge in [-0.1, -0.05) is 29.8 Å². The van der Waals surface area contributed by atoms with E-state index in [4.69, 9.17) is 11.6 Å². The molecule has 2 aromatic carbocycles. The first-order chi connectivity index (χ1) is 13.0. The van der Waals surface area contributed by atoms with E-state index < -0.39 is 0 Å². The maximum atomic E-state index is 12.3. The highest BCUT2D eigenvalue weighted by Gasteiger charge is 2.13. The number of hydrogen-bond acceptors (Lipinski definition) is 2. The summed E-state index contributed by atoms with van der Waals surface area (Å²) in [6.07, 6.45) is 3.97. The highest BCUT2D eigenvalue weighted by Crippen LogP contribution is 2.19. The number of para-hydroxylation sites is 1. The molecular formula is C21H22ClN3O2. The number of H-pyrrole nitrogens is 1. The average molecular weight is 384 g/mol. The SMILES string of the molecule is CN(CC(=O)Nc1ccc(Cl)cc1)C(=O)CCCc1c[nH]c2ccccc12. The van der Waals surface area contributed by atoms with Crippen LogP contribution >= 0.6 is 11.6 Å². The van der Waals surface area contributed by atoms with Crippen molar-refractivity contribution in [1.82, 2.24) is 9.88 Å². The Hall–Kier alpha value is -2.79. The van der Waals surface area contributed by atoms with Gasteiger partial charge in [0.05, 0.1) is 6.54 Å². The molecule has 27 heavy (non-hydrogen) atoms. The number of amides is 2. The van der Waals surface area contributed by atoms with Gasteiger partial charge in [0, 0.05) is 41.3 Å². The number of aromatic nitrogens is 1. The number of fused-ring (bicyclic) bond motifs is 1. The number of carbonyl (C=O) groups is 2. The third kappa shape index (κ3) is 5.11. The van der Waals surface area contributed by atoms with Crippen LogP contribution in [0.1, 0.15) is 18.4 Å². The molecule has 0 bridgehead atoms. The van der Waals surface area contributed by atoms with Crippen molar-refractivity contribution in [3.05, 3.63) is 65.3 Å². The van der Waals surface area contributed by atoms with Crippen molar-refractivity contribution in [1.29, 1.82) is 0 Å². The molecule has 3 aromatic rings. The lowest BCUT2D eigenvalue weighted by Gasteiger charge is -2.16. The normalized spacial score (nSPS) is 10.7. The lowest BCUT2D eigenvalue weighted by molar-refractivity contribution is -0.133. The molecule has 0 atom stereocenters. The Labute approximate surface area is 163 Å². The minimum absolute atomic E-state index is 0.0224. The van der Waals surface area contributed by atoms with Gasteiger partial charge in [-0.25, -0.2) is 0 Å². The first-order valence-electron chi connectivity index (χ1n) is 8.87. The molecule has 6 heteroatoms. The second kappa shape index (κ2) is 8.73. The Kier molecular flexibility index (Phi) is 6.14. The van der Waals surface area contributed by atoms with E-state index in [9.17, 15) is 9.59 Å². The number of likely N-dealkylation sites (N-methyl/N-ethyl adjacent to an activating group) is 1. The zero-order valence-electron chi connectivity index (χ0n) is 15.2. The van der Waals surface area contributed by atoms with E-state index in [1.165, 1.54) is 15.8 Å². The van der Waals surface area contributed by atoms with Crippen LogP contribution in [0.2, 0.25) is 5.02 Å². The monoisotopic (exact) mass is 383 g/mol. The predicted molar refractivity (Wildman–Crippen MR) is 109 cm³/mol. The van der Waals surface area contributed by atoms with Crippen molar-refractivity contribution in [3.8, 4) is 0 Å². The molecule has 0 aliphatic heterocycles. The van der Waals surface area contributed by atoms with Crippen molar-refractivity contribution in [2.24, 2.45) is 0 Å². The molecule has 0 unspecified atom stereocenters. The van der Waals surface area contributed by atoms with Crippen LogP contribution in [-0.2, 0) is 16.0 Å². The van der Waals surface area contributed by atoms with Gasteiger partial charge in [-0.3, -0.25) is 9.59 Å². The molecule has 0 spiro atoms. The summed E-state index contributed by atoms with van der Waals surface area (Å²) in [5.41, 5.74) is 2.97. The highest BCUT2D eigenvalue weighted by atomic mass is 35.5. The maximum absolute atomic E-state index is 12.3. The number of benzene rings is 2. The summed E-state index contributed by atoms with van der Waals surface area (Å²) < 4.78 is 0. The van der Waals surface area contributed by atoms with Crippen LogP contribution in [0.25, 0.3) is 10.9 Å². The zero-order valence-corrected chi connectivity index (χ0v) is 15.9. The number of anilines is 1. The van der Waals surface area contributed by atoms with Gasteiger partial charge in [0.2, 0.25) is 11.8 Å². The van der Waals surface area contributed by atoms with Gasteiger partial charge < -0.3 is 15.2 Å². The lowest BCUT2D eigenvalue weighted by Crippen LogP contribution is -2.34. The van der Waals surface area contributed by atoms with Crippen LogP contribution in [0.3, 0.4) is 0 Å². The van der Waals surface area contributed by atoms with Crippen LogP contribution in [0.4, 0.5) is 5.69 Å². The molecule has 2 amide bonds. The largest absolute Gasteiger partial charge is 0.361 e. The standard InChI is InChI=1S/C21H22ClN3O2/c1-25(14-20(26)24-17-11-9-16(22)10-12-17)21(27)8-4-5-15-13-23-19-7-3-2-6-18(15)19/h2-3,6-7,9-13,23H,4-5,8,14H2,1H3,(H,24,26). The minimum atomic E-state index is -0.232. The van der Waals surface area contributed by atoms with E-state index in [1.807, 2.05) is 24.4 Å². The molecule has 0 fully saturated rings. The summed E-state index contributed by atoms with van der Waals surface area (Å²) in [5.74, 6) is -0.272. The van der Waals surface area contributed by atoms with E-state index in [1.54, 1.807) is 31.3 Å². The van der Waals surface area contributed by atoms with Crippen LogP contribution in [-0.4, -0.2) is 35.3 Å². The van der Waals surface area contributed by atoms with Gasteiger partial charge in [-0.2, -0.15) is 0 Å². The Bertz CT molecular complexity index is 934. The summed E-state index contributed by atoms with van der Waals surface area (Å²) >= 11 is 5.82. The van der Waals surface area contributed by atoms with Crippen molar-refractivity contribution in [2.45, 2.75) is 19.3 Å². The van der Waals surface area contributed by atoms with E-state index in [2.05, 4.69) is 16.4 Å². The second-order valence-electron chi connectivity index (χ2n) is 6.52. The summed E-state index contributed by atoms with van der Waals surface area (Å²) in [6.45, 7) is 0.0224. The second-order valence-corrected chi connectivity index (χ2v) is 6.95. The summed E-state index contributed by atoms with van der Waals surface area (Å²) in [4.78, 5) is 29.1. The number of aromatic amines is 1. The topological polar surface area (TPSA) is 65.2 Å². The van der Waals surface area contributed by atoms with Gasteiger partial charge in [-0.05, 0) is 48.7 Å². The molecule has 3 rings (SSSR count). The molecule has 140 valence electrons. The summed E-state index contributed by atoms with van der Waals surface area (Å²) in [7, 11) is 1.65.